The number of pyridine rings is 1. The summed E-state index contributed by atoms with van der Waals surface area (Å²) in [7, 11) is 0. The summed E-state index contributed by atoms with van der Waals surface area (Å²) < 4.78 is 1.62. The van der Waals surface area contributed by atoms with Crippen molar-refractivity contribution in [1.82, 2.24) is 4.57 Å². The molecule has 0 aromatic carbocycles. The second-order valence-electron chi connectivity index (χ2n) is 7.54. The predicted octanol–water partition coefficient (Wildman–Crippen LogP) is 3.32. The summed E-state index contributed by atoms with van der Waals surface area (Å²) in [4.78, 5) is 23.2. The lowest BCUT2D eigenvalue weighted by atomic mass is 9.63. The molecule has 1 heterocycles. The smallest absolute Gasteiger partial charge is 0.337 e. The third kappa shape index (κ3) is 3.11. The molecule has 4 nitrogen and oxygen atoms in total. The average Bonchev–Trinajstić information content (AvgIpc) is 2.24. The largest absolute Gasteiger partial charge is 0.478 e. The second kappa shape index (κ2) is 4.76. The molecule has 20 heavy (non-hydrogen) atoms. The van der Waals surface area contributed by atoms with Gasteiger partial charge in [-0.25, -0.2) is 4.79 Å². The minimum atomic E-state index is -0.993. The molecule has 2 rings (SSSR count). The van der Waals surface area contributed by atoms with Crippen LogP contribution in [0.1, 0.15) is 63.4 Å². The first-order valence-electron chi connectivity index (χ1n) is 7.05. The summed E-state index contributed by atoms with van der Waals surface area (Å²) in [5.74, 6) is -0.993. The SMILES string of the molecule is CC1(C)CC(n2cc(C(=O)O)ccc2=O)CC(C)(C)C1. The van der Waals surface area contributed by atoms with E-state index in [2.05, 4.69) is 27.7 Å². The van der Waals surface area contributed by atoms with Gasteiger partial charge in [-0.3, -0.25) is 4.79 Å². The Hall–Kier alpha value is -1.58. The molecule has 110 valence electrons. The summed E-state index contributed by atoms with van der Waals surface area (Å²) in [5, 5.41) is 9.09. The summed E-state index contributed by atoms with van der Waals surface area (Å²) in [6.07, 6.45) is 4.41. The zero-order valence-corrected chi connectivity index (χ0v) is 12.6. The number of rotatable bonds is 2. The van der Waals surface area contributed by atoms with Crippen LogP contribution < -0.4 is 5.56 Å². The van der Waals surface area contributed by atoms with E-state index in [-0.39, 0.29) is 28.0 Å². The van der Waals surface area contributed by atoms with Crippen LogP contribution in [-0.2, 0) is 0 Å². The van der Waals surface area contributed by atoms with E-state index in [4.69, 9.17) is 5.11 Å². The zero-order valence-electron chi connectivity index (χ0n) is 12.6. The van der Waals surface area contributed by atoms with Gasteiger partial charge in [0.2, 0.25) is 0 Å². The first-order chi connectivity index (χ1) is 9.10. The Balaban J connectivity index is 2.42. The van der Waals surface area contributed by atoms with Gasteiger partial charge in [-0.05, 0) is 36.2 Å². The molecule has 4 heteroatoms. The van der Waals surface area contributed by atoms with Crippen LogP contribution in [0.5, 0.6) is 0 Å². The van der Waals surface area contributed by atoms with E-state index < -0.39 is 5.97 Å². The van der Waals surface area contributed by atoms with Crippen molar-refractivity contribution in [1.29, 1.82) is 0 Å². The maximum atomic E-state index is 12.1. The summed E-state index contributed by atoms with van der Waals surface area (Å²) in [6, 6.07) is 2.80. The van der Waals surface area contributed by atoms with Crippen LogP contribution in [-0.4, -0.2) is 15.6 Å². The van der Waals surface area contributed by atoms with Crippen molar-refractivity contribution in [3.63, 3.8) is 0 Å². The molecular formula is C16H23NO3. The predicted molar refractivity (Wildman–Crippen MR) is 78.1 cm³/mol. The van der Waals surface area contributed by atoms with Gasteiger partial charge in [-0.2, -0.15) is 0 Å². The monoisotopic (exact) mass is 277 g/mol. The fraction of sp³-hybridized carbons (Fsp3) is 0.625. The van der Waals surface area contributed by atoms with Crippen molar-refractivity contribution in [3.8, 4) is 0 Å². The molecule has 0 bridgehead atoms. The fourth-order valence-corrected chi connectivity index (χ4v) is 3.90. The minimum Gasteiger partial charge on any atom is -0.478 e. The molecule has 1 aliphatic rings. The molecule has 0 amide bonds. The van der Waals surface area contributed by atoms with Gasteiger partial charge in [0.1, 0.15) is 0 Å². The number of hydrogen-bond acceptors (Lipinski definition) is 2. The lowest BCUT2D eigenvalue weighted by Crippen LogP contribution is -2.38. The lowest BCUT2D eigenvalue weighted by molar-refractivity contribution is 0.0679. The van der Waals surface area contributed by atoms with Gasteiger partial charge in [-0.15, -0.1) is 0 Å². The van der Waals surface area contributed by atoms with Crippen molar-refractivity contribution in [2.75, 3.05) is 0 Å². The zero-order chi connectivity index (χ0) is 15.1. The second-order valence-corrected chi connectivity index (χ2v) is 7.54. The van der Waals surface area contributed by atoms with Crippen LogP contribution >= 0.6 is 0 Å². The van der Waals surface area contributed by atoms with Gasteiger partial charge in [0, 0.05) is 18.3 Å². The Morgan fingerprint density at radius 2 is 1.75 bits per heavy atom. The lowest BCUT2D eigenvalue weighted by Gasteiger charge is -2.45. The third-order valence-corrected chi connectivity index (χ3v) is 4.11. The molecule has 0 radical (unpaired) electrons. The molecule has 1 aromatic heterocycles. The van der Waals surface area contributed by atoms with Crippen LogP contribution in [0.25, 0.3) is 0 Å². The highest BCUT2D eigenvalue weighted by atomic mass is 16.4. The normalized spacial score (nSPS) is 21.6. The molecule has 1 aliphatic carbocycles. The van der Waals surface area contributed by atoms with E-state index in [1.165, 1.54) is 18.3 Å². The number of hydrogen-bond donors (Lipinski definition) is 1. The van der Waals surface area contributed by atoms with Crippen LogP contribution in [0.3, 0.4) is 0 Å². The molecule has 1 aromatic rings. The number of carboxylic acid groups (broad SMARTS) is 1. The van der Waals surface area contributed by atoms with Crippen LogP contribution in [0.2, 0.25) is 0 Å². The van der Waals surface area contributed by atoms with Crippen LogP contribution in [0.15, 0.2) is 23.1 Å². The Bertz CT molecular complexity index is 568. The van der Waals surface area contributed by atoms with E-state index in [1.54, 1.807) is 4.57 Å². The minimum absolute atomic E-state index is 0.0700. The number of aromatic carboxylic acids is 1. The quantitative estimate of drug-likeness (QED) is 0.902. The highest BCUT2D eigenvalue weighted by Gasteiger charge is 2.39. The molecular weight excluding hydrogens is 254 g/mol. The summed E-state index contributed by atoms with van der Waals surface area (Å²) in [5.41, 5.74) is 0.371. The fourth-order valence-electron chi connectivity index (χ4n) is 3.90. The Morgan fingerprint density at radius 1 is 1.20 bits per heavy atom. The number of aromatic nitrogens is 1. The molecule has 0 saturated heterocycles. The van der Waals surface area contributed by atoms with Crippen LogP contribution in [0.4, 0.5) is 0 Å². The third-order valence-electron chi connectivity index (χ3n) is 4.11. The number of carboxylic acids is 1. The Morgan fingerprint density at radius 3 is 2.25 bits per heavy atom. The van der Waals surface area contributed by atoms with Crippen molar-refractivity contribution >= 4 is 5.97 Å². The van der Waals surface area contributed by atoms with Crippen molar-refractivity contribution in [3.05, 3.63) is 34.2 Å². The first-order valence-corrected chi connectivity index (χ1v) is 7.05. The maximum Gasteiger partial charge on any atom is 0.337 e. The van der Waals surface area contributed by atoms with Crippen molar-refractivity contribution < 1.29 is 9.90 Å². The van der Waals surface area contributed by atoms with E-state index in [9.17, 15) is 9.59 Å². The molecule has 0 spiro atoms. The van der Waals surface area contributed by atoms with Gasteiger partial charge in [0.05, 0.1) is 5.56 Å². The molecule has 0 unspecified atom stereocenters. The van der Waals surface area contributed by atoms with Crippen molar-refractivity contribution in [2.24, 2.45) is 10.8 Å². The summed E-state index contributed by atoms with van der Waals surface area (Å²) >= 11 is 0. The van der Waals surface area contributed by atoms with Gasteiger partial charge in [0.25, 0.3) is 5.56 Å². The standard InChI is InChI=1S/C16H23NO3/c1-15(2)7-12(8-16(3,4)10-15)17-9-11(14(19)20)5-6-13(17)18/h5-6,9,12H,7-8,10H2,1-4H3,(H,19,20). The van der Waals surface area contributed by atoms with Gasteiger partial charge < -0.3 is 9.67 Å². The van der Waals surface area contributed by atoms with E-state index >= 15 is 0 Å². The molecule has 0 atom stereocenters. The highest BCUT2D eigenvalue weighted by molar-refractivity contribution is 5.87. The average molecular weight is 277 g/mol. The number of nitrogens with zero attached hydrogens (tertiary/aromatic N) is 1. The molecule has 0 aliphatic heterocycles. The molecule has 1 N–H and O–H groups in total. The van der Waals surface area contributed by atoms with E-state index in [0.29, 0.717) is 0 Å². The number of carbonyl (C=O) groups is 1. The first kappa shape index (κ1) is 14.8. The topological polar surface area (TPSA) is 59.3 Å². The summed E-state index contributed by atoms with van der Waals surface area (Å²) in [6.45, 7) is 8.86. The Kier molecular flexibility index (Phi) is 3.53. The van der Waals surface area contributed by atoms with Gasteiger partial charge in [0.15, 0.2) is 0 Å². The van der Waals surface area contributed by atoms with Gasteiger partial charge in [-0.1, -0.05) is 27.7 Å². The van der Waals surface area contributed by atoms with E-state index in [0.717, 1.165) is 19.3 Å². The molecule has 1 saturated carbocycles. The van der Waals surface area contributed by atoms with E-state index in [1.807, 2.05) is 0 Å². The maximum absolute atomic E-state index is 12.1. The van der Waals surface area contributed by atoms with Crippen molar-refractivity contribution in [2.45, 2.75) is 53.0 Å². The van der Waals surface area contributed by atoms with Gasteiger partial charge >= 0.3 is 5.97 Å². The molecule has 1 fully saturated rings. The highest BCUT2D eigenvalue weighted by Crippen LogP contribution is 2.49. The van der Waals surface area contributed by atoms with Crippen LogP contribution in [0, 0.1) is 10.8 Å². The Labute approximate surface area is 119 Å².